The molecule has 2 aliphatic heterocycles. The molecule has 35 heavy (non-hydrogen) atoms. The Bertz CT molecular complexity index is 1100. The Kier molecular flexibility index (Phi) is 6.16. The van der Waals surface area contributed by atoms with Gasteiger partial charge in [-0.2, -0.15) is 0 Å². The summed E-state index contributed by atoms with van der Waals surface area (Å²) in [5, 5.41) is 3.24. The first-order valence-corrected chi connectivity index (χ1v) is 12.8. The molecule has 2 aromatic rings. The molecule has 1 saturated carbocycles. The van der Waals surface area contributed by atoms with Crippen molar-refractivity contribution in [1.29, 1.82) is 0 Å². The van der Waals surface area contributed by atoms with E-state index in [-0.39, 0.29) is 29.7 Å². The largest absolute Gasteiger partial charge is 0.347 e. The van der Waals surface area contributed by atoms with E-state index in [4.69, 9.17) is 0 Å². The second-order valence-corrected chi connectivity index (χ2v) is 10.6. The highest BCUT2D eigenvalue weighted by Gasteiger charge is 2.58. The van der Waals surface area contributed by atoms with Gasteiger partial charge in [-0.15, -0.1) is 0 Å². The molecule has 6 heteroatoms. The number of fused-ring (bicyclic) bond motifs is 1. The molecule has 3 fully saturated rings. The van der Waals surface area contributed by atoms with Crippen LogP contribution >= 0.6 is 0 Å². The second-order valence-electron chi connectivity index (χ2n) is 10.6. The van der Waals surface area contributed by atoms with Crippen LogP contribution < -0.4 is 5.32 Å². The minimum absolute atomic E-state index is 0.00703. The van der Waals surface area contributed by atoms with E-state index >= 15 is 0 Å². The fraction of sp³-hybridized carbons (Fsp3) is 0.483. The molecule has 5 rings (SSSR count). The quantitative estimate of drug-likeness (QED) is 0.734. The molecule has 3 aliphatic rings. The monoisotopic (exact) mass is 473 g/mol. The second kappa shape index (κ2) is 9.14. The number of hydrogen-bond donors (Lipinski definition) is 1. The third-order valence-corrected chi connectivity index (χ3v) is 8.51. The van der Waals surface area contributed by atoms with E-state index < -0.39 is 11.0 Å². The normalized spacial score (nSPS) is 27.4. The molecular weight excluding hydrogens is 438 g/mol. The third kappa shape index (κ3) is 4.03. The Morgan fingerprint density at radius 2 is 1.51 bits per heavy atom. The van der Waals surface area contributed by atoms with Gasteiger partial charge in [0.1, 0.15) is 0 Å². The van der Waals surface area contributed by atoms with Crippen LogP contribution in [0.2, 0.25) is 0 Å². The first-order chi connectivity index (χ1) is 16.9. The maximum absolute atomic E-state index is 14.2. The van der Waals surface area contributed by atoms with E-state index in [1.54, 1.807) is 6.92 Å². The van der Waals surface area contributed by atoms with Crippen molar-refractivity contribution >= 4 is 17.7 Å². The number of rotatable bonds is 4. The van der Waals surface area contributed by atoms with Crippen LogP contribution in [0.5, 0.6) is 0 Å². The summed E-state index contributed by atoms with van der Waals surface area (Å²) in [6.45, 7) is 4.60. The van der Waals surface area contributed by atoms with Crippen molar-refractivity contribution in [3.05, 3.63) is 71.8 Å². The van der Waals surface area contributed by atoms with Gasteiger partial charge >= 0.3 is 0 Å². The predicted octanol–water partition coefficient (Wildman–Crippen LogP) is 3.83. The summed E-state index contributed by atoms with van der Waals surface area (Å²) >= 11 is 0. The fourth-order valence-electron chi connectivity index (χ4n) is 7.08. The van der Waals surface area contributed by atoms with Gasteiger partial charge in [0.2, 0.25) is 17.7 Å². The minimum Gasteiger partial charge on any atom is -0.347 e. The highest BCUT2D eigenvalue weighted by Crippen LogP contribution is 2.49. The summed E-state index contributed by atoms with van der Waals surface area (Å²) in [4.78, 5) is 43.4. The van der Waals surface area contributed by atoms with Crippen LogP contribution in [0.25, 0.3) is 0 Å². The van der Waals surface area contributed by atoms with Crippen molar-refractivity contribution in [2.75, 3.05) is 19.6 Å². The zero-order valence-corrected chi connectivity index (χ0v) is 20.7. The van der Waals surface area contributed by atoms with E-state index in [1.165, 1.54) is 6.92 Å². The Labute approximate surface area is 207 Å². The number of carbonyl (C=O) groups excluding carboxylic acids is 3. The Morgan fingerprint density at radius 3 is 2.11 bits per heavy atom. The van der Waals surface area contributed by atoms with Gasteiger partial charge in [-0.25, -0.2) is 0 Å². The maximum Gasteiger partial charge on any atom is 0.233 e. The van der Waals surface area contributed by atoms with Crippen molar-refractivity contribution < 1.29 is 14.4 Å². The summed E-state index contributed by atoms with van der Waals surface area (Å²) in [6, 6.07) is 20.2. The molecule has 1 aliphatic carbocycles. The molecule has 0 radical (unpaired) electrons. The van der Waals surface area contributed by atoms with Crippen LogP contribution in [0.1, 0.15) is 63.1 Å². The third-order valence-electron chi connectivity index (χ3n) is 8.51. The Balaban J connectivity index is 1.51. The van der Waals surface area contributed by atoms with E-state index in [0.29, 0.717) is 19.6 Å². The van der Waals surface area contributed by atoms with Crippen molar-refractivity contribution in [1.82, 2.24) is 15.1 Å². The molecule has 6 nitrogen and oxygen atoms in total. The minimum atomic E-state index is -0.664. The average molecular weight is 474 g/mol. The number of amides is 3. The summed E-state index contributed by atoms with van der Waals surface area (Å²) < 4.78 is 0. The van der Waals surface area contributed by atoms with Crippen LogP contribution in [-0.2, 0) is 19.8 Å². The maximum atomic E-state index is 14.2. The molecule has 0 spiro atoms. The van der Waals surface area contributed by atoms with Crippen LogP contribution in [0.3, 0.4) is 0 Å². The first-order valence-electron chi connectivity index (χ1n) is 12.8. The van der Waals surface area contributed by atoms with E-state index in [1.807, 2.05) is 46.2 Å². The molecule has 0 aromatic heterocycles. The van der Waals surface area contributed by atoms with Crippen molar-refractivity contribution in [3.63, 3.8) is 0 Å². The summed E-state index contributed by atoms with van der Waals surface area (Å²) in [5.74, 6) is 0.0764. The van der Waals surface area contributed by atoms with Gasteiger partial charge in [0.15, 0.2) is 0 Å². The summed E-state index contributed by atoms with van der Waals surface area (Å²) in [7, 11) is 0. The van der Waals surface area contributed by atoms with Gasteiger partial charge in [-0.05, 0) is 30.4 Å². The number of benzene rings is 2. The van der Waals surface area contributed by atoms with Crippen molar-refractivity contribution in [2.24, 2.45) is 5.92 Å². The van der Waals surface area contributed by atoms with Gasteiger partial charge < -0.3 is 15.1 Å². The number of carbonyl (C=O) groups is 3. The van der Waals surface area contributed by atoms with E-state index in [2.05, 4.69) is 29.6 Å². The first kappa shape index (κ1) is 23.6. The van der Waals surface area contributed by atoms with Crippen LogP contribution in [-0.4, -0.2) is 52.7 Å². The van der Waals surface area contributed by atoms with Crippen LogP contribution in [0.15, 0.2) is 60.7 Å². The zero-order chi connectivity index (χ0) is 24.6. The molecule has 0 bridgehead atoms. The van der Waals surface area contributed by atoms with Gasteiger partial charge in [0.25, 0.3) is 0 Å². The molecule has 3 atom stereocenters. The zero-order valence-electron chi connectivity index (χ0n) is 20.7. The molecule has 184 valence electrons. The lowest BCUT2D eigenvalue weighted by Gasteiger charge is -2.47. The number of nitrogens with one attached hydrogen (secondary N) is 1. The highest BCUT2D eigenvalue weighted by atomic mass is 16.2. The highest BCUT2D eigenvalue weighted by molar-refractivity contribution is 5.89. The van der Waals surface area contributed by atoms with Gasteiger partial charge in [-0.1, -0.05) is 73.5 Å². The molecule has 2 saturated heterocycles. The van der Waals surface area contributed by atoms with Crippen LogP contribution in [0.4, 0.5) is 0 Å². The standard InChI is InChI=1S/C29H35N3O3/c1-21(33)30-29-19-31(27(35)28(16-9-10-17-28)24-13-7-4-8-14-24)18-15-25(29)26(32(20-29)22(2)34)23-11-5-3-6-12-23/h3-8,11-14,25-26H,9-10,15-20H2,1-2H3,(H,30,33)/t25-,26-,29-/m1/s1. The molecular formula is C29H35N3O3. The van der Waals surface area contributed by atoms with Crippen molar-refractivity contribution in [2.45, 2.75) is 62.9 Å². The van der Waals surface area contributed by atoms with Gasteiger partial charge in [0, 0.05) is 39.4 Å². The fourth-order valence-corrected chi connectivity index (χ4v) is 7.08. The molecule has 0 unspecified atom stereocenters. The summed E-state index contributed by atoms with van der Waals surface area (Å²) in [6.07, 6.45) is 4.54. The molecule has 1 N–H and O–H groups in total. The summed E-state index contributed by atoms with van der Waals surface area (Å²) in [5.41, 5.74) is 1.01. The molecule has 2 aromatic carbocycles. The average Bonchev–Trinajstić information content (AvgIpc) is 3.48. The lowest BCUT2D eigenvalue weighted by Crippen LogP contribution is -2.65. The number of piperidine rings is 1. The van der Waals surface area contributed by atoms with Gasteiger partial charge in [-0.3, -0.25) is 14.4 Å². The molecule has 3 amide bonds. The lowest BCUT2D eigenvalue weighted by atomic mass is 9.73. The smallest absolute Gasteiger partial charge is 0.233 e. The predicted molar refractivity (Wildman–Crippen MR) is 134 cm³/mol. The lowest BCUT2D eigenvalue weighted by molar-refractivity contribution is -0.142. The Hall–Kier alpha value is -3.15. The van der Waals surface area contributed by atoms with Crippen LogP contribution in [0, 0.1) is 5.92 Å². The van der Waals surface area contributed by atoms with Crippen molar-refractivity contribution in [3.8, 4) is 0 Å². The number of hydrogen-bond acceptors (Lipinski definition) is 3. The van der Waals surface area contributed by atoms with E-state index in [9.17, 15) is 14.4 Å². The molecule has 2 heterocycles. The van der Waals surface area contributed by atoms with E-state index in [0.717, 1.165) is 43.2 Å². The SMILES string of the molecule is CC(=O)N[C@@]12CN(C(=O)C3(c4ccccc4)CCCC3)CC[C@@H]1[C@@H](c1ccccc1)N(C(C)=O)C2. The topological polar surface area (TPSA) is 69.7 Å². The number of nitrogens with zero attached hydrogens (tertiary/aromatic N) is 2. The Morgan fingerprint density at radius 1 is 0.886 bits per heavy atom. The number of likely N-dealkylation sites (tertiary alicyclic amines) is 2. The van der Waals surface area contributed by atoms with Gasteiger partial charge in [0.05, 0.1) is 17.0 Å².